The van der Waals surface area contributed by atoms with Gasteiger partial charge in [-0.15, -0.1) is 0 Å². The van der Waals surface area contributed by atoms with E-state index in [1.54, 1.807) is 0 Å². The molecule has 0 N–H and O–H groups in total. The van der Waals surface area contributed by atoms with Crippen molar-refractivity contribution in [2.45, 2.75) is 24.5 Å². The summed E-state index contributed by atoms with van der Waals surface area (Å²) in [6, 6.07) is 0. The second-order valence-corrected chi connectivity index (χ2v) is 2.77. The van der Waals surface area contributed by atoms with Crippen LogP contribution in [0.5, 0.6) is 0 Å². The van der Waals surface area contributed by atoms with Gasteiger partial charge in [0.2, 0.25) is 0 Å². The lowest BCUT2D eigenvalue weighted by Gasteiger charge is -2.13. The fourth-order valence-corrected chi connectivity index (χ4v) is 1.15. The maximum atomic E-state index is 10.9. The van der Waals surface area contributed by atoms with Gasteiger partial charge in [-0.25, -0.2) is 0 Å². The summed E-state index contributed by atoms with van der Waals surface area (Å²) in [6.07, 6.45) is 0.998. The highest BCUT2D eigenvalue weighted by Crippen LogP contribution is 2.15. The number of carbonyl (C=O) groups is 2. The maximum absolute atomic E-state index is 10.9. The Labute approximate surface area is 60.1 Å². The molecular formula is C6H8O2S. The molecule has 0 aromatic carbocycles. The SMILES string of the molecule is [3H]SC1CC(=O)CCC1=O. The van der Waals surface area contributed by atoms with Crippen LogP contribution in [0.2, 0.25) is 0 Å². The molecule has 1 atom stereocenters. The van der Waals surface area contributed by atoms with Crippen LogP contribution in [0, 0.1) is 0 Å². The number of rotatable bonds is 1. The standard InChI is InChI=1S/C6H8O2S/c7-4-1-2-5(8)6(9)3-4/h6,9H,1-3H2/i/hT. The summed E-state index contributed by atoms with van der Waals surface area (Å²) in [4.78, 5) is 21.6. The Kier molecular flexibility index (Phi) is 1.53. The molecule has 0 aliphatic heterocycles. The Morgan fingerprint density at radius 3 is 2.89 bits per heavy atom. The van der Waals surface area contributed by atoms with Crippen molar-refractivity contribution in [3.8, 4) is 0 Å². The number of thiol groups is 1. The zero-order chi connectivity index (χ0) is 7.56. The average Bonchev–Trinajstić information content (AvgIpc) is 1.94. The molecule has 0 saturated heterocycles. The van der Waals surface area contributed by atoms with Crippen molar-refractivity contribution in [1.82, 2.24) is 0 Å². The zero-order valence-corrected chi connectivity index (χ0v) is 5.74. The van der Waals surface area contributed by atoms with E-state index in [0.29, 0.717) is 12.8 Å². The van der Waals surface area contributed by atoms with Gasteiger partial charge in [0.15, 0.2) is 0 Å². The van der Waals surface area contributed by atoms with Crippen LogP contribution >= 0.6 is 12.5 Å². The Morgan fingerprint density at radius 2 is 2.33 bits per heavy atom. The molecule has 0 spiro atoms. The zero-order valence-electron chi connectivity index (χ0n) is 5.92. The molecule has 0 bridgehead atoms. The third-order valence-corrected chi connectivity index (χ3v) is 1.85. The van der Waals surface area contributed by atoms with E-state index >= 15 is 0 Å². The molecule has 0 amide bonds. The molecule has 0 radical (unpaired) electrons. The molecule has 2 nitrogen and oxygen atoms in total. The minimum absolute atomic E-state index is 0.0552. The van der Waals surface area contributed by atoms with Crippen LogP contribution in [0.1, 0.15) is 19.3 Å². The third-order valence-electron chi connectivity index (χ3n) is 1.42. The molecule has 9 heavy (non-hydrogen) atoms. The Bertz CT molecular complexity index is 169. The lowest BCUT2D eigenvalue weighted by Crippen LogP contribution is -2.24. The first-order chi connectivity index (χ1) is 4.74. The number of hydrogen-bond donors (Lipinski definition) is 1. The highest BCUT2D eigenvalue weighted by molar-refractivity contribution is 7.81. The van der Waals surface area contributed by atoms with Gasteiger partial charge in [-0.2, -0.15) is 12.5 Å². The van der Waals surface area contributed by atoms with Gasteiger partial charge in [-0.3, -0.25) is 9.59 Å². The van der Waals surface area contributed by atoms with E-state index in [1.807, 2.05) is 0 Å². The van der Waals surface area contributed by atoms with E-state index < -0.39 is 0 Å². The summed E-state index contributed by atoms with van der Waals surface area (Å²) < 4.78 is 6.86. The molecule has 1 unspecified atom stereocenters. The van der Waals surface area contributed by atoms with Gasteiger partial charge in [0.25, 0.3) is 0 Å². The predicted molar refractivity (Wildman–Crippen MR) is 36.6 cm³/mol. The summed E-state index contributed by atoms with van der Waals surface area (Å²) in [7, 11) is 0. The van der Waals surface area contributed by atoms with Gasteiger partial charge in [-0.1, -0.05) is 0 Å². The van der Waals surface area contributed by atoms with Crippen molar-refractivity contribution < 1.29 is 9.59 Å². The van der Waals surface area contributed by atoms with Crippen LogP contribution in [-0.2, 0) is 9.59 Å². The van der Waals surface area contributed by atoms with Gasteiger partial charge >= 0.3 is 0 Å². The normalized spacial score (nSPS) is 30.2. The van der Waals surface area contributed by atoms with Gasteiger partial charge in [0.1, 0.15) is 12.7 Å². The topological polar surface area (TPSA) is 34.1 Å². The first-order valence-electron chi connectivity index (χ1n) is 3.31. The monoisotopic (exact) mass is 146 g/mol. The van der Waals surface area contributed by atoms with E-state index in [-0.39, 0.29) is 23.2 Å². The van der Waals surface area contributed by atoms with Crippen LogP contribution in [0.15, 0.2) is 0 Å². The van der Waals surface area contributed by atoms with Crippen molar-refractivity contribution >= 4 is 24.1 Å². The number of hydrogen-bond acceptors (Lipinski definition) is 3. The van der Waals surface area contributed by atoms with E-state index in [4.69, 9.17) is 1.12 Å². The van der Waals surface area contributed by atoms with Crippen molar-refractivity contribution in [3.63, 3.8) is 0 Å². The molecule has 1 saturated carbocycles. The summed E-state index contributed by atoms with van der Waals surface area (Å²) >= 11 is 0.737. The molecule has 1 fully saturated rings. The van der Waals surface area contributed by atoms with Crippen LogP contribution in [0.3, 0.4) is 0 Å². The maximum Gasteiger partial charge on any atom is 0.146 e. The quantitative estimate of drug-likeness (QED) is 0.550. The Balaban J connectivity index is 2.53. The molecule has 1 aliphatic rings. The smallest absolute Gasteiger partial charge is 0.146 e. The minimum atomic E-state index is -0.374. The highest BCUT2D eigenvalue weighted by atomic mass is 32.1. The van der Waals surface area contributed by atoms with E-state index in [9.17, 15) is 9.59 Å². The summed E-state index contributed by atoms with van der Waals surface area (Å²) in [6.45, 7) is 0. The number of ketones is 2. The van der Waals surface area contributed by atoms with Crippen molar-refractivity contribution in [2.24, 2.45) is 0 Å². The van der Waals surface area contributed by atoms with E-state index in [1.165, 1.54) is 0 Å². The molecule has 0 aromatic rings. The van der Waals surface area contributed by atoms with Gasteiger partial charge in [0.05, 0.1) is 5.25 Å². The molecule has 0 aromatic heterocycles. The van der Waals surface area contributed by atoms with Crippen molar-refractivity contribution in [3.05, 3.63) is 0 Å². The number of Topliss-reactive ketones (excluding diaryl/α,β-unsaturated/α-hetero) is 2. The average molecular weight is 146 g/mol. The van der Waals surface area contributed by atoms with Crippen LogP contribution in [0.4, 0.5) is 0 Å². The molecule has 3 heteroatoms. The predicted octanol–water partition coefficient (Wildman–Crippen LogP) is 0.607. The third kappa shape index (κ3) is 1.55. The summed E-state index contributed by atoms with van der Waals surface area (Å²) in [5.74, 6) is 0.170. The fourth-order valence-electron chi connectivity index (χ4n) is 0.846. The largest absolute Gasteiger partial charge is 0.300 e. The highest BCUT2D eigenvalue weighted by Gasteiger charge is 2.23. The summed E-state index contributed by atoms with van der Waals surface area (Å²) in [5, 5.41) is -0.374. The Morgan fingerprint density at radius 1 is 1.56 bits per heavy atom. The number of carbonyl (C=O) groups excluding carboxylic acids is 2. The van der Waals surface area contributed by atoms with Crippen LogP contribution in [-0.4, -0.2) is 17.9 Å². The molecular weight excluding hydrogens is 136 g/mol. The first-order valence-corrected chi connectivity index (χ1v) is 3.37. The fraction of sp³-hybridized carbons (Fsp3) is 0.667. The van der Waals surface area contributed by atoms with Gasteiger partial charge in [0, 0.05) is 19.3 Å². The summed E-state index contributed by atoms with van der Waals surface area (Å²) in [5.41, 5.74) is 0. The second kappa shape index (κ2) is 2.52. The first kappa shape index (κ1) is 5.47. The lowest BCUT2D eigenvalue weighted by molar-refractivity contribution is -0.128. The second-order valence-electron chi connectivity index (χ2n) is 2.20. The van der Waals surface area contributed by atoms with E-state index in [2.05, 4.69) is 0 Å². The molecule has 1 rings (SSSR count). The van der Waals surface area contributed by atoms with Gasteiger partial charge in [-0.05, 0) is 0 Å². The molecule has 50 valence electrons. The van der Waals surface area contributed by atoms with Crippen molar-refractivity contribution in [2.75, 3.05) is 0 Å². The van der Waals surface area contributed by atoms with E-state index in [0.717, 1.165) is 12.5 Å². The Hall–Kier alpha value is -0.310. The minimum Gasteiger partial charge on any atom is -0.300 e. The van der Waals surface area contributed by atoms with Crippen LogP contribution in [0.25, 0.3) is 0 Å². The molecule has 1 aliphatic carbocycles. The van der Waals surface area contributed by atoms with Gasteiger partial charge < -0.3 is 0 Å². The molecule has 0 heterocycles. The lowest BCUT2D eigenvalue weighted by atomic mass is 9.98. The van der Waals surface area contributed by atoms with Crippen LogP contribution < -0.4 is 0 Å². The van der Waals surface area contributed by atoms with Crippen molar-refractivity contribution in [1.29, 1.82) is 1.12 Å².